The molecule has 0 aromatic heterocycles. The predicted molar refractivity (Wildman–Crippen MR) is 78.9 cm³/mol. The van der Waals surface area contributed by atoms with Crippen molar-refractivity contribution in [3.05, 3.63) is 42.0 Å². The third-order valence-electron chi connectivity index (χ3n) is 2.70. The van der Waals surface area contributed by atoms with Crippen LogP contribution < -0.4 is 5.32 Å². The van der Waals surface area contributed by atoms with E-state index in [9.17, 15) is 9.59 Å². The van der Waals surface area contributed by atoms with E-state index in [0.717, 1.165) is 5.56 Å². The van der Waals surface area contributed by atoms with Crippen molar-refractivity contribution in [3.63, 3.8) is 0 Å². The number of rotatable bonds is 4. The molecular weight excluding hydrogens is 254 g/mol. The Bertz CT molecular complexity index is 486. The van der Waals surface area contributed by atoms with Gasteiger partial charge in [0.2, 0.25) is 5.91 Å². The third-order valence-corrected chi connectivity index (χ3v) is 2.70. The molecule has 1 unspecified atom stereocenters. The zero-order valence-corrected chi connectivity index (χ0v) is 12.3. The highest BCUT2D eigenvalue weighted by Crippen LogP contribution is 2.13. The van der Waals surface area contributed by atoms with E-state index in [-0.39, 0.29) is 5.91 Å². The number of esters is 1. The minimum atomic E-state index is -0.785. The molecule has 0 radical (unpaired) electrons. The first-order valence-electron chi connectivity index (χ1n) is 6.46. The van der Waals surface area contributed by atoms with Crippen molar-refractivity contribution in [1.29, 1.82) is 0 Å². The molecule has 1 atom stereocenters. The lowest BCUT2D eigenvalue weighted by molar-refractivity contribution is -0.144. The van der Waals surface area contributed by atoms with Crippen LogP contribution in [-0.4, -0.2) is 25.0 Å². The number of benzene rings is 1. The number of methoxy groups -OCH3 is 1. The van der Waals surface area contributed by atoms with Crippen molar-refractivity contribution in [2.75, 3.05) is 7.11 Å². The second-order valence-corrected chi connectivity index (χ2v) is 5.49. The van der Waals surface area contributed by atoms with Crippen LogP contribution in [0.15, 0.2) is 36.4 Å². The van der Waals surface area contributed by atoms with Crippen LogP contribution in [0.25, 0.3) is 6.08 Å². The Hall–Kier alpha value is -2.10. The van der Waals surface area contributed by atoms with Crippen molar-refractivity contribution in [2.24, 2.45) is 5.41 Å². The molecule has 1 amide bonds. The zero-order valence-electron chi connectivity index (χ0n) is 12.3. The van der Waals surface area contributed by atoms with Gasteiger partial charge in [-0.1, -0.05) is 63.3 Å². The van der Waals surface area contributed by atoms with E-state index in [1.54, 1.807) is 32.9 Å². The van der Waals surface area contributed by atoms with Gasteiger partial charge >= 0.3 is 5.97 Å². The van der Waals surface area contributed by atoms with Gasteiger partial charge in [-0.3, -0.25) is 4.79 Å². The molecule has 1 N–H and O–H groups in total. The number of carbonyl (C=O) groups is 2. The summed E-state index contributed by atoms with van der Waals surface area (Å²) in [5.74, 6) is -0.694. The summed E-state index contributed by atoms with van der Waals surface area (Å²) in [5, 5.41) is 2.68. The first-order chi connectivity index (χ1) is 9.34. The summed E-state index contributed by atoms with van der Waals surface area (Å²) in [6.45, 7) is 5.37. The van der Waals surface area contributed by atoms with E-state index < -0.39 is 17.4 Å². The van der Waals surface area contributed by atoms with Crippen LogP contribution in [-0.2, 0) is 14.3 Å². The summed E-state index contributed by atoms with van der Waals surface area (Å²) in [4.78, 5) is 23.7. The molecule has 0 aliphatic carbocycles. The Morgan fingerprint density at radius 1 is 1.20 bits per heavy atom. The van der Waals surface area contributed by atoms with Gasteiger partial charge in [0, 0.05) is 5.41 Å². The Morgan fingerprint density at radius 2 is 1.80 bits per heavy atom. The number of nitrogens with one attached hydrogen (secondary N) is 1. The lowest BCUT2D eigenvalue weighted by atomic mass is 9.95. The van der Waals surface area contributed by atoms with E-state index in [2.05, 4.69) is 5.32 Å². The summed E-state index contributed by atoms with van der Waals surface area (Å²) in [7, 11) is 1.30. The number of hydrogen-bond donors (Lipinski definition) is 1. The third kappa shape index (κ3) is 4.88. The van der Waals surface area contributed by atoms with Crippen LogP contribution in [0.1, 0.15) is 26.3 Å². The van der Waals surface area contributed by atoms with Crippen LogP contribution in [0, 0.1) is 5.41 Å². The SMILES string of the molecule is COC(=O)C(/C=C/c1ccccc1)NC(=O)C(C)(C)C. The summed E-state index contributed by atoms with van der Waals surface area (Å²) in [6.07, 6.45) is 3.41. The maximum Gasteiger partial charge on any atom is 0.332 e. The molecule has 0 heterocycles. The average molecular weight is 275 g/mol. The second kappa shape index (κ2) is 6.89. The van der Waals surface area contributed by atoms with Gasteiger partial charge in [-0.25, -0.2) is 4.79 Å². The van der Waals surface area contributed by atoms with Crippen molar-refractivity contribution in [3.8, 4) is 0 Å². The molecule has 0 saturated heterocycles. The van der Waals surface area contributed by atoms with E-state index in [1.165, 1.54) is 7.11 Å². The van der Waals surface area contributed by atoms with Gasteiger partial charge in [0.15, 0.2) is 0 Å². The van der Waals surface area contributed by atoms with Gasteiger partial charge < -0.3 is 10.1 Å². The molecular formula is C16H21NO3. The minimum Gasteiger partial charge on any atom is -0.467 e. The van der Waals surface area contributed by atoms with Crippen molar-refractivity contribution in [1.82, 2.24) is 5.32 Å². The molecule has 108 valence electrons. The van der Waals surface area contributed by atoms with Crippen LogP contribution in [0.2, 0.25) is 0 Å². The molecule has 4 nitrogen and oxygen atoms in total. The first kappa shape index (κ1) is 16.0. The van der Waals surface area contributed by atoms with Gasteiger partial charge in [0.05, 0.1) is 7.11 Å². The van der Waals surface area contributed by atoms with Crippen LogP contribution >= 0.6 is 0 Å². The van der Waals surface area contributed by atoms with Crippen LogP contribution in [0.5, 0.6) is 0 Å². The number of amides is 1. The fourth-order valence-electron chi connectivity index (χ4n) is 1.44. The fraction of sp³-hybridized carbons (Fsp3) is 0.375. The van der Waals surface area contributed by atoms with Gasteiger partial charge in [-0.05, 0) is 5.56 Å². The second-order valence-electron chi connectivity index (χ2n) is 5.49. The topological polar surface area (TPSA) is 55.4 Å². The first-order valence-corrected chi connectivity index (χ1v) is 6.46. The van der Waals surface area contributed by atoms with E-state index >= 15 is 0 Å². The molecule has 1 rings (SSSR count). The largest absolute Gasteiger partial charge is 0.467 e. The highest BCUT2D eigenvalue weighted by atomic mass is 16.5. The molecule has 0 fully saturated rings. The summed E-state index contributed by atoms with van der Waals surface area (Å²) in [6, 6.07) is 8.76. The van der Waals surface area contributed by atoms with Crippen molar-refractivity contribution >= 4 is 18.0 Å². The Kier molecular flexibility index (Phi) is 5.50. The fourth-order valence-corrected chi connectivity index (χ4v) is 1.44. The van der Waals surface area contributed by atoms with Crippen LogP contribution in [0.3, 0.4) is 0 Å². The van der Waals surface area contributed by atoms with Gasteiger partial charge in [-0.2, -0.15) is 0 Å². The standard InChI is InChI=1S/C16H21NO3/c1-16(2,3)15(19)17-13(14(18)20-4)11-10-12-8-6-5-7-9-12/h5-11,13H,1-4H3,(H,17,19)/b11-10+. The molecule has 20 heavy (non-hydrogen) atoms. The highest BCUT2D eigenvalue weighted by molar-refractivity contribution is 5.89. The highest BCUT2D eigenvalue weighted by Gasteiger charge is 2.26. The Morgan fingerprint density at radius 3 is 2.30 bits per heavy atom. The van der Waals surface area contributed by atoms with Crippen LogP contribution in [0.4, 0.5) is 0 Å². The minimum absolute atomic E-state index is 0.203. The quantitative estimate of drug-likeness (QED) is 0.858. The zero-order chi connectivity index (χ0) is 15.2. The molecule has 0 saturated carbocycles. The van der Waals surface area contributed by atoms with E-state index in [0.29, 0.717) is 0 Å². The lowest BCUT2D eigenvalue weighted by Gasteiger charge is -2.21. The average Bonchev–Trinajstić information content (AvgIpc) is 2.42. The van der Waals surface area contributed by atoms with E-state index in [1.807, 2.05) is 30.3 Å². The summed E-state index contributed by atoms with van der Waals surface area (Å²) < 4.78 is 4.71. The molecule has 0 bridgehead atoms. The summed E-state index contributed by atoms with van der Waals surface area (Å²) in [5.41, 5.74) is 0.388. The normalized spacial score (nSPS) is 13.0. The maximum atomic E-state index is 12.0. The van der Waals surface area contributed by atoms with Crippen molar-refractivity contribution < 1.29 is 14.3 Å². The smallest absolute Gasteiger partial charge is 0.332 e. The molecule has 1 aromatic rings. The van der Waals surface area contributed by atoms with Gasteiger partial charge in [0.1, 0.15) is 6.04 Å². The van der Waals surface area contributed by atoms with Gasteiger partial charge in [-0.15, -0.1) is 0 Å². The molecule has 4 heteroatoms. The number of carbonyl (C=O) groups excluding carboxylic acids is 2. The summed E-state index contributed by atoms with van der Waals surface area (Å²) >= 11 is 0. The monoisotopic (exact) mass is 275 g/mol. The maximum absolute atomic E-state index is 12.0. The van der Waals surface area contributed by atoms with E-state index in [4.69, 9.17) is 4.74 Å². The van der Waals surface area contributed by atoms with Gasteiger partial charge in [0.25, 0.3) is 0 Å². The molecule has 0 spiro atoms. The molecule has 0 aliphatic heterocycles. The number of ether oxygens (including phenoxy) is 1. The molecule has 0 aliphatic rings. The molecule has 1 aromatic carbocycles. The predicted octanol–water partition coefficient (Wildman–Crippen LogP) is 2.40. The lowest BCUT2D eigenvalue weighted by Crippen LogP contribution is -2.45. The number of hydrogen-bond acceptors (Lipinski definition) is 3. The van der Waals surface area contributed by atoms with Crippen molar-refractivity contribution in [2.45, 2.75) is 26.8 Å². The Balaban J connectivity index is 2.83. The Labute approximate surface area is 119 Å².